The Morgan fingerprint density at radius 3 is 2.53 bits per heavy atom. The first-order valence-electron chi connectivity index (χ1n) is 10.3. The summed E-state index contributed by atoms with van der Waals surface area (Å²) in [6.45, 7) is 0.281. The molecule has 30 heavy (non-hydrogen) atoms. The van der Waals surface area contributed by atoms with Gasteiger partial charge in [-0.3, -0.25) is 10.1 Å². The average Bonchev–Trinajstić information content (AvgIpc) is 3.45. The van der Waals surface area contributed by atoms with Crippen LogP contribution in [0.3, 0.4) is 0 Å². The predicted octanol–water partition coefficient (Wildman–Crippen LogP) is 2.92. The molecule has 0 spiro atoms. The summed E-state index contributed by atoms with van der Waals surface area (Å²) in [5.74, 6) is 0.882. The van der Waals surface area contributed by atoms with Crippen molar-refractivity contribution in [2.45, 2.75) is 61.8 Å². The van der Waals surface area contributed by atoms with E-state index in [4.69, 9.17) is 9.15 Å². The Balaban J connectivity index is 1.46. The van der Waals surface area contributed by atoms with Gasteiger partial charge in [0.25, 0.3) is 0 Å². The fourth-order valence-electron chi connectivity index (χ4n) is 4.16. The molecule has 2 fully saturated rings. The summed E-state index contributed by atoms with van der Waals surface area (Å²) in [4.78, 5) is 12.9. The summed E-state index contributed by atoms with van der Waals surface area (Å²) in [5, 5.41) is 10.6. The number of sulfonamides is 1. The molecule has 4 rings (SSSR count). The number of hydrogen-bond donors (Lipinski definition) is 1. The summed E-state index contributed by atoms with van der Waals surface area (Å²) in [6, 6.07) is 5.34. The largest absolute Gasteiger partial charge is 0.497 e. The Bertz CT molecular complexity index is 983. The normalized spacial score (nSPS) is 20.9. The van der Waals surface area contributed by atoms with E-state index in [1.807, 2.05) is 0 Å². The van der Waals surface area contributed by atoms with E-state index in [-0.39, 0.29) is 23.4 Å². The maximum atomic E-state index is 13.1. The highest BCUT2D eigenvalue weighted by atomic mass is 32.2. The second-order valence-electron chi connectivity index (χ2n) is 7.72. The number of anilines is 1. The van der Waals surface area contributed by atoms with Gasteiger partial charge in [-0.25, -0.2) is 8.42 Å². The molecule has 1 aliphatic heterocycles. The SMILES string of the molecule is COc1ccc(S(=O)(=O)N2CCC[C@H]2C(=O)Nc2nnc(C3CCCCC3)o2)cc1. The highest BCUT2D eigenvalue weighted by Gasteiger charge is 2.40. The standard InChI is InChI=1S/C20H26N4O5S/c1-28-15-9-11-16(12-10-15)30(26,27)24-13-5-8-17(24)18(25)21-20-23-22-19(29-20)14-6-3-2-4-7-14/h9-12,14,17H,2-8,13H2,1H3,(H,21,23,25)/t17-/m0/s1. The highest BCUT2D eigenvalue weighted by Crippen LogP contribution is 2.33. The molecule has 1 amide bonds. The Kier molecular flexibility index (Phi) is 6.05. The molecule has 1 aromatic carbocycles. The Morgan fingerprint density at radius 2 is 1.83 bits per heavy atom. The van der Waals surface area contributed by atoms with Gasteiger partial charge in [0.15, 0.2) is 0 Å². The lowest BCUT2D eigenvalue weighted by Crippen LogP contribution is -2.43. The monoisotopic (exact) mass is 434 g/mol. The van der Waals surface area contributed by atoms with Gasteiger partial charge in [0.05, 0.1) is 12.0 Å². The molecule has 10 heteroatoms. The van der Waals surface area contributed by atoms with Crippen molar-refractivity contribution in [2.75, 3.05) is 19.0 Å². The van der Waals surface area contributed by atoms with Gasteiger partial charge in [-0.2, -0.15) is 4.31 Å². The van der Waals surface area contributed by atoms with Crippen LogP contribution in [0.5, 0.6) is 5.75 Å². The average molecular weight is 435 g/mol. The summed E-state index contributed by atoms with van der Waals surface area (Å²) in [7, 11) is -2.30. The number of nitrogens with one attached hydrogen (secondary N) is 1. The van der Waals surface area contributed by atoms with Crippen molar-refractivity contribution in [3.05, 3.63) is 30.2 Å². The van der Waals surface area contributed by atoms with E-state index >= 15 is 0 Å². The van der Waals surface area contributed by atoms with E-state index in [0.29, 0.717) is 24.5 Å². The minimum absolute atomic E-state index is 0.0225. The van der Waals surface area contributed by atoms with Crippen molar-refractivity contribution < 1.29 is 22.4 Å². The first kappa shape index (κ1) is 20.8. The van der Waals surface area contributed by atoms with Gasteiger partial charge >= 0.3 is 6.01 Å². The van der Waals surface area contributed by atoms with Crippen LogP contribution in [0.1, 0.15) is 56.8 Å². The fraction of sp³-hybridized carbons (Fsp3) is 0.550. The van der Waals surface area contributed by atoms with Crippen LogP contribution in [-0.2, 0) is 14.8 Å². The number of aromatic nitrogens is 2. The summed E-state index contributed by atoms with van der Waals surface area (Å²) in [6.07, 6.45) is 6.53. The Morgan fingerprint density at radius 1 is 1.10 bits per heavy atom. The third-order valence-electron chi connectivity index (χ3n) is 5.80. The maximum Gasteiger partial charge on any atom is 0.322 e. The third-order valence-corrected chi connectivity index (χ3v) is 7.72. The topological polar surface area (TPSA) is 115 Å². The zero-order chi connectivity index (χ0) is 21.1. The van der Waals surface area contributed by atoms with Crippen molar-refractivity contribution in [3.8, 4) is 5.75 Å². The van der Waals surface area contributed by atoms with E-state index in [0.717, 1.165) is 25.7 Å². The molecule has 1 saturated carbocycles. The number of amides is 1. The van der Waals surface area contributed by atoms with Crippen molar-refractivity contribution in [1.82, 2.24) is 14.5 Å². The van der Waals surface area contributed by atoms with E-state index in [1.54, 1.807) is 12.1 Å². The zero-order valence-corrected chi connectivity index (χ0v) is 17.7. The number of rotatable bonds is 6. The van der Waals surface area contributed by atoms with Crippen LogP contribution in [0.15, 0.2) is 33.6 Å². The summed E-state index contributed by atoms with van der Waals surface area (Å²) in [5.41, 5.74) is 0. The Hall–Kier alpha value is -2.46. The molecule has 2 aliphatic rings. The van der Waals surface area contributed by atoms with Crippen LogP contribution in [0.25, 0.3) is 0 Å². The lowest BCUT2D eigenvalue weighted by Gasteiger charge is -2.22. The Labute approximate surface area is 175 Å². The summed E-state index contributed by atoms with van der Waals surface area (Å²) < 4.78 is 38.1. The first-order chi connectivity index (χ1) is 14.5. The lowest BCUT2D eigenvalue weighted by molar-refractivity contribution is -0.119. The maximum absolute atomic E-state index is 13.1. The number of nitrogens with zero attached hydrogens (tertiary/aromatic N) is 3. The summed E-state index contributed by atoms with van der Waals surface area (Å²) >= 11 is 0. The van der Waals surface area contributed by atoms with Crippen molar-refractivity contribution >= 4 is 21.9 Å². The zero-order valence-electron chi connectivity index (χ0n) is 16.9. The number of carbonyl (C=O) groups excluding carboxylic acids is 1. The van der Waals surface area contributed by atoms with Gasteiger partial charge in [0.2, 0.25) is 21.8 Å². The predicted molar refractivity (Wildman–Crippen MR) is 109 cm³/mol. The molecule has 0 radical (unpaired) electrons. The molecule has 162 valence electrons. The molecule has 0 unspecified atom stereocenters. The van der Waals surface area contributed by atoms with Gasteiger partial charge in [0.1, 0.15) is 11.8 Å². The molecule has 1 aliphatic carbocycles. The van der Waals surface area contributed by atoms with Gasteiger partial charge in [-0.1, -0.05) is 24.4 Å². The van der Waals surface area contributed by atoms with Crippen LogP contribution in [-0.4, -0.2) is 48.5 Å². The van der Waals surface area contributed by atoms with Crippen LogP contribution < -0.4 is 10.1 Å². The van der Waals surface area contributed by atoms with E-state index in [9.17, 15) is 13.2 Å². The van der Waals surface area contributed by atoms with Crippen molar-refractivity contribution in [2.24, 2.45) is 0 Å². The second kappa shape index (κ2) is 8.73. The first-order valence-corrected chi connectivity index (χ1v) is 11.7. The van der Waals surface area contributed by atoms with Crippen molar-refractivity contribution in [1.29, 1.82) is 0 Å². The molecule has 0 bridgehead atoms. The van der Waals surface area contributed by atoms with E-state index in [2.05, 4.69) is 15.5 Å². The molecule has 2 aromatic rings. The minimum Gasteiger partial charge on any atom is -0.497 e. The molecular weight excluding hydrogens is 408 g/mol. The smallest absolute Gasteiger partial charge is 0.322 e. The number of hydrogen-bond acceptors (Lipinski definition) is 7. The molecule has 2 heterocycles. The molecule has 1 atom stereocenters. The van der Waals surface area contributed by atoms with Crippen LogP contribution in [0.4, 0.5) is 6.01 Å². The van der Waals surface area contributed by atoms with E-state index < -0.39 is 22.0 Å². The van der Waals surface area contributed by atoms with E-state index in [1.165, 1.54) is 30.0 Å². The lowest BCUT2D eigenvalue weighted by atomic mass is 9.89. The van der Waals surface area contributed by atoms with Crippen LogP contribution >= 0.6 is 0 Å². The fourth-order valence-corrected chi connectivity index (χ4v) is 5.82. The number of ether oxygens (including phenoxy) is 1. The molecule has 1 aromatic heterocycles. The van der Waals surface area contributed by atoms with Gasteiger partial charge in [-0.05, 0) is 49.9 Å². The minimum atomic E-state index is -3.81. The van der Waals surface area contributed by atoms with Gasteiger partial charge in [-0.15, -0.1) is 5.10 Å². The van der Waals surface area contributed by atoms with Gasteiger partial charge in [0, 0.05) is 12.5 Å². The number of carbonyl (C=O) groups is 1. The highest BCUT2D eigenvalue weighted by molar-refractivity contribution is 7.89. The molecule has 9 nitrogen and oxygen atoms in total. The van der Waals surface area contributed by atoms with Crippen LogP contribution in [0.2, 0.25) is 0 Å². The molecule has 1 saturated heterocycles. The quantitative estimate of drug-likeness (QED) is 0.743. The number of benzene rings is 1. The number of methoxy groups -OCH3 is 1. The van der Waals surface area contributed by atoms with Crippen molar-refractivity contribution in [3.63, 3.8) is 0 Å². The van der Waals surface area contributed by atoms with Crippen LogP contribution in [0, 0.1) is 0 Å². The second-order valence-corrected chi connectivity index (χ2v) is 9.61. The van der Waals surface area contributed by atoms with Gasteiger partial charge < -0.3 is 9.15 Å². The molecule has 1 N–H and O–H groups in total. The third kappa shape index (κ3) is 4.20. The molecular formula is C20H26N4O5S.